The molecule has 0 radical (unpaired) electrons. The van der Waals surface area contributed by atoms with Crippen molar-refractivity contribution >= 4 is 15.9 Å². The highest BCUT2D eigenvalue weighted by molar-refractivity contribution is 9.10. The quantitative estimate of drug-likeness (QED) is 0.823. The van der Waals surface area contributed by atoms with Gasteiger partial charge in [0.1, 0.15) is 5.82 Å². The normalized spacial score (nSPS) is 33.7. The van der Waals surface area contributed by atoms with E-state index in [1.54, 1.807) is 12.1 Å². The summed E-state index contributed by atoms with van der Waals surface area (Å²) >= 11 is 3.34. The second-order valence-electron chi connectivity index (χ2n) is 5.51. The van der Waals surface area contributed by atoms with E-state index >= 15 is 0 Å². The molecule has 1 aromatic carbocycles. The zero-order chi connectivity index (χ0) is 12.6. The number of rotatable bonds is 1. The molecular weight excluding hydrogens is 283 g/mol. The lowest BCUT2D eigenvalue weighted by atomic mass is 9.70. The summed E-state index contributed by atoms with van der Waals surface area (Å²) in [6, 6.07) is 4.79. The molecular formula is C14H18BrFO. The Morgan fingerprint density at radius 3 is 2.47 bits per heavy atom. The molecule has 0 aromatic heterocycles. The first kappa shape index (κ1) is 13.0. The van der Waals surface area contributed by atoms with Gasteiger partial charge in [0.2, 0.25) is 0 Å². The number of aliphatic hydroxyl groups is 1. The molecule has 1 fully saturated rings. The molecule has 0 spiro atoms. The molecule has 1 aliphatic rings. The van der Waals surface area contributed by atoms with Crippen molar-refractivity contribution in [2.24, 2.45) is 11.8 Å². The van der Waals surface area contributed by atoms with Crippen LogP contribution in [0.25, 0.3) is 0 Å². The summed E-state index contributed by atoms with van der Waals surface area (Å²) in [6.45, 7) is 4.24. The lowest BCUT2D eigenvalue weighted by molar-refractivity contribution is -0.0389. The second kappa shape index (κ2) is 4.69. The van der Waals surface area contributed by atoms with Crippen molar-refractivity contribution in [2.75, 3.05) is 0 Å². The Morgan fingerprint density at radius 2 is 1.88 bits per heavy atom. The summed E-state index contributed by atoms with van der Waals surface area (Å²) in [5.41, 5.74) is -0.574. The second-order valence-corrected chi connectivity index (χ2v) is 6.43. The summed E-state index contributed by atoms with van der Waals surface area (Å²) in [7, 11) is 0. The van der Waals surface area contributed by atoms with Gasteiger partial charge in [0.15, 0.2) is 0 Å². The van der Waals surface area contributed by atoms with E-state index in [4.69, 9.17) is 0 Å². The van der Waals surface area contributed by atoms with Gasteiger partial charge in [-0.25, -0.2) is 4.39 Å². The summed E-state index contributed by atoms with van der Waals surface area (Å²) < 4.78 is 14.7. The number of hydrogen-bond acceptors (Lipinski definition) is 1. The summed E-state index contributed by atoms with van der Waals surface area (Å²) in [5, 5.41) is 10.7. The highest BCUT2D eigenvalue weighted by Gasteiger charge is 2.39. The Morgan fingerprint density at radius 1 is 1.29 bits per heavy atom. The predicted molar refractivity (Wildman–Crippen MR) is 70.2 cm³/mol. The van der Waals surface area contributed by atoms with Crippen LogP contribution in [0.15, 0.2) is 22.7 Å². The number of hydrogen-bond donors (Lipinski definition) is 1. The van der Waals surface area contributed by atoms with Crippen molar-refractivity contribution in [1.82, 2.24) is 0 Å². The minimum absolute atomic E-state index is 0.308. The minimum atomic E-state index is -1.01. The van der Waals surface area contributed by atoms with E-state index in [9.17, 15) is 9.50 Å². The van der Waals surface area contributed by atoms with Crippen molar-refractivity contribution in [2.45, 2.75) is 38.7 Å². The van der Waals surface area contributed by atoms with E-state index in [1.165, 1.54) is 6.07 Å². The van der Waals surface area contributed by atoms with Gasteiger partial charge in [-0.3, -0.25) is 0 Å². The van der Waals surface area contributed by atoms with Gasteiger partial charge < -0.3 is 5.11 Å². The Bertz CT molecular complexity index is 409. The molecule has 0 bridgehead atoms. The molecule has 3 heteroatoms. The van der Waals surface area contributed by atoms with E-state index in [0.29, 0.717) is 30.2 Å². The zero-order valence-corrected chi connectivity index (χ0v) is 11.8. The number of halogens is 2. The molecule has 1 saturated carbocycles. The lowest BCUT2D eigenvalue weighted by Gasteiger charge is -2.39. The molecule has 1 nitrogen and oxygen atoms in total. The smallest absolute Gasteiger partial charge is 0.129 e. The van der Waals surface area contributed by atoms with Crippen molar-refractivity contribution in [3.63, 3.8) is 0 Å². The Kier molecular flexibility index (Phi) is 3.60. The van der Waals surface area contributed by atoms with Gasteiger partial charge >= 0.3 is 0 Å². The maximum Gasteiger partial charge on any atom is 0.129 e. The molecule has 94 valence electrons. The van der Waals surface area contributed by atoms with Gasteiger partial charge in [0.05, 0.1) is 5.60 Å². The van der Waals surface area contributed by atoms with Gasteiger partial charge in [-0.1, -0.05) is 29.8 Å². The molecule has 2 atom stereocenters. The van der Waals surface area contributed by atoms with Crippen molar-refractivity contribution in [1.29, 1.82) is 0 Å². The van der Waals surface area contributed by atoms with Crippen LogP contribution in [-0.2, 0) is 5.60 Å². The highest BCUT2D eigenvalue weighted by atomic mass is 79.9. The zero-order valence-electron chi connectivity index (χ0n) is 10.2. The minimum Gasteiger partial charge on any atom is -0.385 e. The monoisotopic (exact) mass is 300 g/mol. The van der Waals surface area contributed by atoms with Crippen molar-refractivity contribution < 1.29 is 9.50 Å². The topological polar surface area (TPSA) is 20.2 Å². The largest absolute Gasteiger partial charge is 0.385 e. The molecule has 0 amide bonds. The summed E-state index contributed by atoms with van der Waals surface area (Å²) in [5.74, 6) is 0.557. The standard InChI is InChI=1S/C14H18BrFO/c1-9-5-10(2)8-14(17,7-9)12-6-11(15)3-4-13(12)16/h3-4,6,9-10,17H,5,7-8H2,1-2H3. The molecule has 1 aliphatic carbocycles. The SMILES string of the molecule is CC1CC(C)CC(O)(c2cc(Br)ccc2F)C1. The van der Waals surface area contributed by atoms with Gasteiger partial charge in [0.25, 0.3) is 0 Å². The molecule has 17 heavy (non-hydrogen) atoms. The van der Waals surface area contributed by atoms with Gasteiger partial charge in [-0.15, -0.1) is 0 Å². The van der Waals surface area contributed by atoms with Crippen molar-refractivity contribution in [3.8, 4) is 0 Å². The third-order valence-electron chi connectivity index (χ3n) is 3.61. The van der Waals surface area contributed by atoms with Crippen LogP contribution in [-0.4, -0.2) is 5.11 Å². The van der Waals surface area contributed by atoms with E-state index in [-0.39, 0.29) is 5.82 Å². The third-order valence-corrected chi connectivity index (χ3v) is 4.10. The summed E-state index contributed by atoms with van der Waals surface area (Å²) in [4.78, 5) is 0. The van der Waals surface area contributed by atoms with Crippen LogP contribution in [0.3, 0.4) is 0 Å². The fourth-order valence-electron chi connectivity index (χ4n) is 3.16. The molecule has 2 rings (SSSR count). The van der Waals surface area contributed by atoms with E-state index < -0.39 is 5.60 Å². The van der Waals surface area contributed by atoms with Crippen LogP contribution in [0.1, 0.15) is 38.7 Å². The van der Waals surface area contributed by atoms with Crippen LogP contribution in [0.2, 0.25) is 0 Å². The maximum absolute atomic E-state index is 13.9. The fraction of sp³-hybridized carbons (Fsp3) is 0.571. The van der Waals surface area contributed by atoms with Gasteiger partial charge in [0, 0.05) is 10.0 Å². The molecule has 2 unspecified atom stereocenters. The highest BCUT2D eigenvalue weighted by Crippen LogP contribution is 2.43. The first-order chi connectivity index (χ1) is 7.90. The molecule has 0 aliphatic heterocycles. The van der Waals surface area contributed by atoms with Crippen molar-refractivity contribution in [3.05, 3.63) is 34.1 Å². The van der Waals surface area contributed by atoms with Gasteiger partial charge in [-0.2, -0.15) is 0 Å². The molecule has 0 saturated heterocycles. The molecule has 1 N–H and O–H groups in total. The van der Waals surface area contributed by atoms with E-state index in [1.807, 2.05) is 0 Å². The Hall–Kier alpha value is -0.410. The summed E-state index contributed by atoms with van der Waals surface area (Å²) in [6.07, 6.45) is 2.40. The maximum atomic E-state index is 13.9. The first-order valence-electron chi connectivity index (χ1n) is 6.08. The van der Waals surface area contributed by atoms with Crippen LogP contribution < -0.4 is 0 Å². The average Bonchev–Trinajstić information content (AvgIpc) is 2.19. The molecule has 1 aromatic rings. The lowest BCUT2D eigenvalue weighted by Crippen LogP contribution is -2.36. The Labute approximate surface area is 110 Å². The number of benzene rings is 1. The van der Waals surface area contributed by atoms with Crippen LogP contribution in [0, 0.1) is 17.7 Å². The van der Waals surface area contributed by atoms with E-state index in [0.717, 1.165) is 10.9 Å². The van der Waals surface area contributed by atoms with Crippen LogP contribution in [0.4, 0.5) is 4.39 Å². The van der Waals surface area contributed by atoms with Crippen LogP contribution >= 0.6 is 15.9 Å². The fourth-order valence-corrected chi connectivity index (χ4v) is 3.52. The first-order valence-corrected chi connectivity index (χ1v) is 6.88. The predicted octanol–water partition coefficient (Wildman–Crippen LogP) is 4.23. The van der Waals surface area contributed by atoms with Gasteiger partial charge in [-0.05, 0) is 49.3 Å². The third kappa shape index (κ3) is 2.71. The average molecular weight is 301 g/mol. The Balaban J connectivity index is 2.39. The van der Waals surface area contributed by atoms with E-state index in [2.05, 4.69) is 29.8 Å². The van der Waals surface area contributed by atoms with Crippen LogP contribution in [0.5, 0.6) is 0 Å². The molecule has 0 heterocycles.